The van der Waals surface area contributed by atoms with Crippen molar-refractivity contribution >= 4 is 0 Å². The molecule has 1 heterocycles. The minimum atomic E-state index is -0.240. The van der Waals surface area contributed by atoms with Crippen molar-refractivity contribution in [2.75, 3.05) is 0 Å². The van der Waals surface area contributed by atoms with Gasteiger partial charge in [-0.1, -0.05) is 6.07 Å². The monoisotopic (exact) mass is 272 g/mol. The fourth-order valence-electron chi connectivity index (χ4n) is 1.98. The Balaban J connectivity index is 1.80. The topological polar surface area (TPSA) is 34.1 Å². The van der Waals surface area contributed by atoms with Crippen LogP contribution in [0.3, 0.4) is 0 Å². The standard InChI is InChI=1S/C16H17FN2O/c1-11-5-8-13(9-18-11)20-16-4-2-3-15(17)14(16)10-19-12-6-7-12/h2-5,8-9,12,19H,6-7,10H2,1H3. The van der Waals surface area contributed by atoms with Gasteiger partial charge in [-0.15, -0.1) is 0 Å². The number of hydrogen-bond donors (Lipinski definition) is 1. The van der Waals surface area contributed by atoms with Crippen LogP contribution in [0.4, 0.5) is 4.39 Å². The van der Waals surface area contributed by atoms with E-state index >= 15 is 0 Å². The fraction of sp³-hybridized carbons (Fsp3) is 0.312. The molecule has 0 unspecified atom stereocenters. The predicted molar refractivity (Wildman–Crippen MR) is 75.3 cm³/mol. The molecule has 0 aliphatic heterocycles. The summed E-state index contributed by atoms with van der Waals surface area (Å²) < 4.78 is 19.7. The van der Waals surface area contributed by atoms with Gasteiger partial charge in [0.1, 0.15) is 17.3 Å². The van der Waals surface area contributed by atoms with Crippen LogP contribution in [0.5, 0.6) is 11.5 Å². The van der Waals surface area contributed by atoms with Gasteiger partial charge in [0.2, 0.25) is 0 Å². The number of halogens is 1. The molecule has 0 radical (unpaired) electrons. The average molecular weight is 272 g/mol. The minimum Gasteiger partial charge on any atom is -0.455 e. The van der Waals surface area contributed by atoms with Crippen LogP contribution < -0.4 is 10.1 Å². The number of rotatable bonds is 5. The summed E-state index contributed by atoms with van der Waals surface area (Å²) in [7, 11) is 0. The van der Waals surface area contributed by atoms with E-state index in [1.54, 1.807) is 18.3 Å². The van der Waals surface area contributed by atoms with E-state index in [9.17, 15) is 4.39 Å². The van der Waals surface area contributed by atoms with Gasteiger partial charge in [0.15, 0.2) is 0 Å². The molecule has 20 heavy (non-hydrogen) atoms. The molecule has 0 amide bonds. The molecule has 1 aliphatic rings. The zero-order valence-electron chi connectivity index (χ0n) is 11.4. The summed E-state index contributed by atoms with van der Waals surface area (Å²) in [5.74, 6) is 0.924. The molecule has 1 aliphatic carbocycles. The highest BCUT2D eigenvalue weighted by molar-refractivity contribution is 5.38. The van der Waals surface area contributed by atoms with Gasteiger partial charge < -0.3 is 10.1 Å². The molecule has 2 aromatic rings. The van der Waals surface area contributed by atoms with Gasteiger partial charge in [0.05, 0.1) is 6.20 Å². The predicted octanol–water partition coefficient (Wildman–Crippen LogP) is 3.57. The Morgan fingerprint density at radius 2 is 2.15 bits per heavy atom. The molecule has 1 saturated carbocycles. The third-order valence-electron chi connectivity index (χ3n) is 3.33. The van der Waals surface area contributed by atoms with Crippen molar-refractivity contribution in [3.05, 3.63) is 53.6 Å². The molecule has 1 fully saturated rings. The molecule has 1 N–H and O–H groups in total. The highest BCUT2D eigenvalue weighted by Gasteiger charge is 2.21. The number of benzene rings is 1. The molecular weight excluding hydrogens is 255 g/mol. The Morgan fingerprint density at radius 3 is 2.85 bits per heavy atom. The lowest BCUT2D eigenvalue weighted by Gasteiger charge is -2.12. The number of aryl methyl sites for hydroxylation is 1. The first-order valence-electron chi connectivity index (χ1n) is 6.83. The first kappa shape index (κ1) is 13.1. The molecule has 0 spiro atoms. The highest BCUT2D eigenvalue weighted by atomic mass is 19.1. The molecule has 1 aromatic heterocycles. The summed E-state index contributed by atoms with van der Waals surface area (Å²) in [5, 5.41) is 3.31. The van der Waals surface area contributed by atoms with Crippen LogP contribution in [0, 0.1) is 12.7 Å². The van der Waals surface area contributed by atoms with Crippen molar-refractivity contribution in [3.63, 3.8) is 0 Å². The van der Waals surface area contributed by atoms with E-state index in [4.69, 9.17) is 4.74 Å². The number of hydrogen-bond acceptors (Lipinski definition) is 3. The van der Waals surface area contributed by atoms with Crippen molar-refractivity contribution in [2.45, 2.75) is 32.4 Å². The normalized spacial score (nSPS) is 14.3. The average Bonchev–Trinajstić information content (AvgIpc) is 3.25. The van der Waals surface area contributed by atoms with Crippen molar-refractivity contribution in [1.82, 2.24) is 10.3 Å². The van der Waals surface area contributed by atoms with Crippen LogP contribution in [0.1, 0.15) is 24.1 Å². The molecule has 3 rings (SSSR count). The van der Waals surface area contributed by atoms with E-state index in [1.165, 1.54) is 18.9 Å². The Hall–Kier alpha value is -1.94. The Kier molecular flexibility index (Phi) is 3.65. The number of nitrogens with zero attached hydrogens (tertiary/aromatic N) is 1. The fourth-order valence-corrected chi connectivity index (χ4v) is 1.98. The number of aromatic nitrogens is 1. The Bertz CT molecular complexity index is 594. The third-order valence-corrected chi connectivity index (χ3v) is 3.33. The SMILES string of the molecule is Cc1ccc(Oc2cccc(F)c2CNC2CC2)cn1. The third kappa shape index (κ3) is 3.14. The summed E-state index contributed by atoms with van der Waals surface area (Å²) in [4.78, 5) is 4.18. The smallest absolute Gasteiger partial charge is 0.145 e. The Morgan fingerprint density at radius 1 is 1.30 bits per heavy atom. The summed E-state index contributed by atoms with van der Waals surface area (Å²) in [6, 6.07) is 9.15. The largest absolute Gasteiger partial charge is 0.455 e. The highest BCUT2D eigenvalue weighted by Crippen LogP contribution is 2.28. The number of pyridine rings is 1. The van der Waals surface area contributed by atoms with E-state index in [1.807, 2.05) is 19.1 Å². The van der Waals surface area contributed by atoms with Gasteiger partial charge in [-0.3, -0.25) is 4.98 Å². The zero-order valence-corrected chi connectivity index (χ0v) is 11.4. The van der Waals surface area contributed by atoms with Gasteiger partial charge in [0.25, 0.3) is 0 Å². The van der Waals surface area contributed by atoms with E-state index < -0.39 is 0 Å². The molecule has 0 saturated heterocycles. The molecule has 104 valence electrons. The van der Waals surface area contributed by atoms with Crippen LogP contribution in [-0.4, -0.2) is 11.0 Å². The second-order valence-electron chi connectivity index (χ2n) is 5.11. The first-order valence-corrected chi connectivity index (χ1v) is 6.83. The molecular formula is C16H17FN2O. The van der Waals surface area contributed by atoms with Crippen LogP contribution in [0.2, 0.25) is 0 Å². The number of nitrogens with one attached hydrogen (secondary N) is 1. The lowest BCUT2D eigenvalue weighted by Crippen LogP contribution is -2.16. The van der Waals surface area contributed by atoms with Gasteiger partial charge in [-0.25, -0.2) is 4.39 Å². The Labute approximate surface area is 117 Å². The molecule has 1 aromatic carbocycles. The molecule has 4 heteroatoms. The quantitative estimate of drug-likeness (QED) is 0.903. The maximum Gasteiger partial charge on any atom is 0.145 e. The van der Waals surface area contributed by atoms with Crippen LogP contribution in [-0.2, 0) is 6.54 Å². The second kappa shape index (κ2) is 5.59. The van der Waals surface area contributed by atoms with Crippen LogP contribution in [0.15, 0.2) is 36.5 Å². The minimum absolute atomic E-state index is 0.240. The van der Waals surface area contributed by atoms with Crippen LogP contribution in [0.25, 0.3) is 0 Å². The maximum absolute atomic E-state index is 14.0. The van der Waals surface area contributed by atoms with Crippen molar-refractivity contribution in [2.24, 2.45) is 0 Å². The summed E-state index contributed by atoms with van der Waals surface area (Å²) >= 11 is 0. The molecule has 0 atom stereocenters. The maximum atomic E-state index is 14.0. The van der Waals surface area contributed by atoms with Crippen molar-refractivity contribution < 1.29 is 9.13 Å². The van der Waals surface area contributed by atoms with Gasteiger partial charge >= 0.3 is 0 Å². The van der Waals surface area contributed by atoms with E-state index in [-0.39, 0.29) is 5.82 Å². The lowest BCUT2D eigenvalue weighted by atomic mass is 10.2. The molecule has 3 nitrogen and oxygen atoms in total. The van der Waals surface area contributed by atoms with Crippen molar-refractivity contribution in [1.29, 1.82) is 0 Å². The number of ether oxygens (including phenoxy) is 1. The van der Waals surface area contributed by atoms with Crippen molar-refractivity contribution in [3.8, 4) is 11.5 Å². The van der Waals surface area contributed by atoms with Gasteiger partial charge in [-0.2, -0.15) is 0 Å². The second-order valence-corrected chi connectivity index (χ2v) is 5.11. The lowest BCUT2D eigenvalue weighted by molar-refractivity contribution is 0.459. The van der Waals surface area contributed by atoms with E-state index in [0.29, 0.717) is 29.6 Å². The van der Waals surface area contributed by atoms with E-state index in [2.05, 4.69) is 10.3 Å². The van der Waals surface area contributed by atoms with Gasteiger partial charge in [0, 0.05) is 23.8 Å². The summed E-state index contributed by atoms with van der Waals surface area (Å²) in [6.07, 6.45) is 4.00. The van der Waals surface area contributed by atoms with Crippen LogP contribution >= 0.6 is 0 Å². The summed E-state index contributed by atoms with van der Waals surface area (Å²) in [5.41, 5.74) is 1.49. The zero-order chi connectivity index (χ0) is 13.9. The van der Waals surface area contributed by atoms with Gasteiger partial charge in [-0.05, 0) is 44.0 Å². The van der Waals surface area contributed by atoms with E-state index in [0.717, 1.165) is 5.69 Å². The first-order chi connectivity index (χ1) is 9.72. The summed E-state index contributed by atoms with van der Waals surface area (Å²) in [6.45, 7) is 2.41. The molecule has 0 bridgehead atoms.